The van der Waals surface area contributed by atoms with E-state index in [1.807, 2.05) is 35.9 Å². The maximum absolute atomic E-state index is 14.9. The summed E-state index contributed by atoms with van der Waals surface area (Å²) >= 11 is 0. The molecule has 1 aromatic heterocycles. The van der Waals surface area contributed by atoms with E-state index in [0.29, 0.717) is 24.6 Å². The lowest BCUT2D eigenvalue weighted by molar-refractivity contribution is -0.117. The summed E-state index contributed by atoms with van der Waals surface area (Å²) in [6.07, 6.45) is 0.668. The summed E-state index contributed by atoms with van der Waals surface area (Å²) in [7, 11) is 0. The van der Waals surface area contributed by atoms with Gasteiger partial charge in [-0.25, -0.2) is 9.07 Å². The van der Waals surface area contributed by atoms with Gasteiger partial charge in [0.25, 0.3) is 0 Å². The molecule has 168 valence electrons. The number of ether oxygens (including phenoxy) is 1. The molecule has 3 N–H and O–H groups in total. The Kier molecular flexibility index (Phi) is 6.28. The Morgan fingerprint density at radius 3 is 2.84 bits per heavy atom. The Morgan fingerprint density at radius 2 is 2.12 bits per heavy atom. The normalized spacial score (nSPS) is 13.3. The molecule has 0 spiro atoms. The summed E-state index contributed by atoms with van der Waals surface area (Å²) in [5, 5.41) is 8.34. The van der Waals surface area contributed by atoms with Crippen molar-refractivity contribution in [2.75, 3.05) is 13.2 Å². The van der Waals surface area contributed by atoms with Crippen LogP contribution in [0, 0.1) is 18.7 Å². The largest absolute Gasteiger partial charge is 0.491 e. The average molecular weight is 437 g/mol. The van der Waals surface area contributed by atoms with Crippen LogP contribution in [0.5, 0.6) is 5.75 Å². The van der Waals surface area contributed by atoms with Gasteiger partial charge >= 0.3 is 0 Å². The highest BCUT2D eigenvalue weighted by molar-refractivity contribution is 5.77. The van der Waals surface area contributed by atoms with E-state index in [-0.39, 0.29) is 12.0 Å². The van der Waals surface area contributed by atoms with Crippen LogP contribution in [-0.4, -0.2) is 28.8 Å². The van der Waals surface area contributed by atoms with Crippen molar-refractivity contribution < 1.29 is 13.9 Å². The van der Waals surface area contributed by atoms with Gasteiger partial charge in [0.1, 0.15) is 17.3 Å². The predicted octanol–water partition coefficient (Wildman–Crippen LogP) is 3.70. The third kappa shape index (κ3) is 4.39. The lowest BCUT2D eigenvalue weighted by Gasteiger charge is -2.18. The minimum absolute atomic E-state index is 0.129. The maximum Gasteiger partial charge on any atom is 0.221 e. The molecule has 2 heterocycles. The lowest BCUT2D eigenvalue weighted by Crippen LogP contribution is -2.23. The fourth-order valence-electron chi connectivity index (χ4n) is 4.06. The van der Waals surface area contributed by atoms with E-state index in [1.165, 1.54) is 6.07 Å². The molecule has 0 bridgehead atoms. The van der Waals surface area contributed by atoms with Gasteiger partial charge in [-0.05, 0) is 36.1 Å². The van der Waals surface area contributed by atoms with E-state index < -0.39 is 11.7 Å². The minimum atomic E-state index is -0.560. The van der Waals surface area contributed by atoms with Crippen LogP contribution in [0.2, 0.25) is 0 Å². The first-order valence-electron chi connectivity index (χ1n) is 11.0. The second kappa shape index (κ2) is 9.12. The zero-order valence-electron chi connectivity index (χ0n) is 18.7. The van der Waals surface area contributed by atoms with Gasteiger partial charge in [-0.15, -0.1) is 0 Å². The number of para-hydroxylation sites is 1. The first-order valence-corrected chi connectivity index (χ1v) is 11.0. The smallest absolute Gasteiger partial charge is 0.221 e. The molecular formula is C25H29FN4O2. The molecule has 0 atom stereocenters. The molecule has 1 aliphatic rings. The molecule has 0 radical (unpaired) electrons. The fraction of sp³-hybridized carbons (Fsp3) is 0.360. The maximum atomic E-state index is 14.9. The number of nitrogens with zero attached hydrogens (tertiary/aromatic N) is 2. The highest BCUT2D eigenvalue weighted by atomic mass is 19.1. The van der Waals surface area contributed by atoms with Gasteiger partial charge in [0.15, 0.2) is 0 Å². The molecule has 32 heavy (non-hydrogen) atoms. The number of amides is 1. The fourth-order valence-corrected chi connectivity index (χ4v) is 4.06. The topological polar surface area (TPSA) is 82.2 Å². The van der Waals surface area contributed by atoms with Gasteiger partial charge in [-0.1, -0.05) is 38.1 Å². The number of nitrogens with two attached hydrogens (primary N) is 1. The monoisotopic (exact) mass is 436 g/mol. The van der Waals surface area contributed by atoms with Crippen LogP contribution in [0.15, 0.2) is 36.4 Å². The number of hydrogen-bond acceptors (Lipinski definition) is 4. The van der Waals surface area contributed by atoms with Crippen LogP contribution in [0.1, 0.15) is 36.2 Å². The van der Waals surface area contributed by atoms with Crippen LogP contribution < -0.4 is 15.8 Å². The van der Waals surface area contributed by atoms with Crippen LogP contribution in [0.4, 0.5) is 4.39 Å². The van der Waals surface area contributed by atoms with Crippen molar-refractivity contribution in [3.63, 3.8) is 0 Å². The van der Waals surface area contributed by atoms with E-state index in [2.05, 4.69) is 19.2 Å². The summed E-state index contributed by atoms with van der Waals surface area (Å²) in [5.41, 5.74) is 11.0. The molecule has 1 amide bonds. The number of nitrogens with one attached hydrogen (secondary N) is 1. The van der Waals surface area contributed by atoms with Gasteiger partial charge in [-0.3, -0.25) is 4.79 Å². The highest BCUT2D eigenvalue weighted by Crippen LogP contribution is 2.36. The molecule has 3 aromatic rings. The number of benzene rings is 2. The molecule has 0 saturated heterocycles. The number of aromatic nitrogens is 2. The number of aryl methyl sites for hydroxylation is 1. The summed E-state index contributed by atoms with van der Waals surface area (Å²) in [6.45, 7) is 8.33. The van der Waals surface area contributed by atoms with E-state index in [1.54, 1.807) is 6.07 Å². The number of halogens is 1. The highest BCUT2D eigenvalue weighted by Gasteiger charge is 2.25. The van der Waals surface area contributed by atoms with Crippen molar-refractivity contribution >= 4 is 5.91 Å². The number of carbonyl (C=O) groups is 1. The Morgan fingerprint density at radius 1 is 1.31 bits per heavy atom. The summed E-state index contributed by atoms with van der Waals surface area (Å²) in [6, 6.07) is 10.9. The Balaban J connectivity index is 1.89. The third-order valence-corrected chi connectivity index (χ3v) is 5.58. The standard InChI is InChI=1S/C25H29FN4O2/c1-15(2)14-32-22-6-4-5-16(3)24(22)30-25(19-13-28-10-9-21(19)29-30)18-8-7-17(12-23(27)31)20(26)11-18/h4-8,11,15,28H,9-10,12-14H2,1-3H3,(H2,27,31). The zero-order chi connectivity index (χ0) is 22.8. The van der Waals surface area contributed by atoms with Gasteiger partial charge in [-0.2, -0.15) is 5.10 Å². The van der Waals surface area contributed by atoms with Crippen LogP contribution in [0.25, 0.3) is 16.9 Å². The molecule has 0 unspecified atom stereocenters. The number of hydrogen-bond donors (Lipinski definition) is 2. The molecule has 0 saturated carbocycles. The summed E-state index contributed by atoms with van der Waals surface area (Å²) in [4.78, 5) is 11.3. The third-order valence-electron chi connectivity index (χ3n) is 5.58. The molecule has 0 aliphatic carbocycles. The molecule has 0 fully saturated rings. The zero-order valence-corrected chi connectivity index (χ0v) is 18.7. The van der Waals surface area contributed by atoms with Gasteiger partial charge in [0, 0.05) is 30.6 Å². The molecule has 1 aliphatic heterocycles. The van der Waals surface area contributed by atoms with Crippen molar-refractivity contribution in [1.29, 1.82) is 0 Å². The van der Waals surface area contributed by atoms with Crippen molar-refractivity contribution in [3.8, 4) is 22.7 Å². The summed E-state index contributed by atoms with van der Waals surface area (Å²) in [5.74, 6) is 0.117. The Bertz CT molecular complexity index is 1150. The van der Waals surface area contributed by atoms with Gasteiger partial charge < -0.3 is 15.8 Å². The average Bonchev–Trinajstić information content (AvgIpc) is 3.12. The van der Waals surface area contributed by atoms with E-state index in [4.69, 9.17) is 15.6 Å². The summed E-state index contributed by atoms with van der Waals surface area (Å²) < 4.78 is 22.9. The van der Waals surface area contributed by atoms with Crippen LogP contribution in [0.3, 0.4) is 0 Å². The van der Waals surface area contributed by atoms with E-state index in [9.17, 15) is 9.18 Å². The molecule has 6 nitrogen and oxygen atoms in total. The second-order valence-corrected chi connectivity index (χ2v) is 8.69. The number of fused-ring (bicyclic) bond motifs is 1. The van der Waals surface area contributed by atoms with Crippen molar-refractivity contribution in [2.24, 2.45) is 11.7 Å². The van der Waals surface area contributed by atoms with Crippen LogP contribution >= 0.6 is 0 Å². The Labute approximate surface area is 187 Å². The van der Waals surface area contributed by atoms with Crippen molar-refractivity contribution in [3.05, 3.63) is 64.6 Å². The van der Waals surface area contributed by atoms with E-state index >= 15 is 0 Å². The van der Waals surface area contributed by atoms with Gasteiger partial charge in [0.05, 0.1) is 24.4 Å². The second-order valence-electron chi connectivity index (χ2n) is 8.69. The van der Waals surface area contributed by atoms with Crippen LogP contribution in [-0.2, 0) is 24.2 Å². The van der Waals surface area contributed by atoms with Crippen molar-refractivity contribution in [2.45, 2.75) is 40.2 Å². The SMILES string of the molecule is Cc1cccc(OCC(C)C)c1-n1nc2c(c1-c1ccc(CC(N)=O)c(F)c1)CNCC2. The lowest BCUT2D eigenvalue weighted by atomic mass is 9.99. The number of rotatable bonds is 7. The quantitative estimate of drug-likeness (QED) is 0.592. The van der Waals surface area contributed by atoms with Gasteiger partial charge in [0.2, 0.25) is 5.91 Å². The number of carbonyl (C=O) groups excluding carboxylic acids is 1. The van der Waals surface area contributed by atoms with Crippen molar-refractivity contribution in [1.82, 2.24) is 15.1 Å². The predicted molar refractivity (Wildman–Crippen MR) is 122 cm³/mol. The molecule has 7 heteroatoms. The molecule has 4 rings (SSSR count). The Hall–Kier alpha value is -3.19. The first kappa shape index (κ1) is 22.0. The molecule has 2 aromatic carbocycles. The van der Waals surface area contributed by atoms with E-state index in [0.717, 1.165) is 46.9 Å². The first-order chi connectivity index (χ1) is 15.3. The molecular weight excluding hydrogens is 407 g/mol. The minimum Gasteiger partial charge on any atom is -0.491 e. The number of primary amides is 1.